The van der Waals surface area contributed by atoms with Crippen molar-refractivity contribution in [1.29, 1.82) is 0 Å². The first-order valence-electron chi connectivity index (χ1n) is 11.9. The van der Waals surface area contributed by atoms with Gasteiger partial charge >= 0.3 is 5.97 Å². The van der Waals surface area contributed by atoms with Crippen molar-refractivity contribution < 1.29 is 19.1 Å². The lowest BCUT2D eigenvalue weighted by atomic mass is 10.1. The van der Waals surface area contributed by atoms with Crippen molar-refractivity contribution in [3.63, 3.8) is 0 Å². The standard InChI is InChI=1S/C25H40N4O4/c1-6-7-8-9-14-28(5)22(30)11-10-15-32-20-12-13-21-19(16-20)17-29(24(26)27-21)18-23(31)33-25(2,3)4/h12-13,16H,6-11,14-15,17-18H2,1-5H3,(H2,26,27). The number of ether oxygens (including phenoxy) is 2. The van der Waals surface area contributed by atoms with Crippen molar-refractivity contribution in [2.75, 3.05) is 26.7 Å². The third kappa shape index (κ3) is 9.32. The lowest BCUT2D eigenvalue weighted by Crippen LogP contribution is -2.43. The highest BCUT2D eigenvalue weighted by atomic mass is 16.6. The van der Waals surface area contributed by atoms with Gasteiger partial charge < -0.3 is 25.0 Å². The summed E-state index contributed by atoms with van der Waals surface area (Å²) in [6, 6.07) is 5.62. The van der Waals surface area contributed by atoms with E-state index in [2.05, 4.69) is 11.9 Å². The van der Waals surface area contributed by atoms with Crippen LogP contribution in [-0.2, 0) is 20.9 Å². The zero-order valence-corrected chi connectivity index (χ0v) is 20.9. The fourth-order valence-electron chi connectivity index (χ4n) is 3.54. The Balaban J connectivity index is 1.81. The van der Waals surface area contributed by atoms with Crippen molar-refractivity contribution in [3.05, 3.63) is 23.8 Å². The molecule has 0 atom stereocenters. The lowest BCUT2D eigenvalue weighted by Gasteiger charge is -2.29. The Morgan fingerprint density at radius 2 is 1.94 bits per heavy atom. The summed E-state index contributed by atoms with van der Waals surface area (Å²) in [6.07, 6.45) is 5.76. The van der Waals surface area contributed by atoms with Gasteiger partial charge in [0, 0.05) is 32.1 Å². The summed E-state index contributed by atoms with van der Waals surface area (Å²) in [6.45, 7) is 9.42. The molecule has 2 rings (SSSR count). The van der Waals surface area contributed by atoms with E-state index < -0.39 is 5.60 Å². The first-order chi connectivity index (χ1) is 15.6. The maximum absolute atomic E-state index is 12.3. The number of nitrogens with zero attached hydrogens (tertiary/aromatic N) is 3. The number of hydrogen-bond donors (Lipinski definition) is 1. The molecule has 184 valence electrons. The number of unbranched alkanes of at least 4 members (excludes halogenated alkanes) is 3. The summed E-state index contributed by atoms with van der Waals surface area (Å²) in [5.41, 5.74) is 7.18. The summed E-state index contributed by atoms with van der Waals surface area (Å²) in [5.74, 6) is 0.806. The normalized spacial score (nSPS) is 13.2. The minimum absolute atomic E-state index is 0.0329. The van der Waals surface area contributed by atoms with Gasteiger partial charge in [-0.2, -0.15) is 0 Å². The molecule has 0 aromatic heterocycles. The van der Waals surface area contributed by atoms with E-state index in [1.54, 1.807) is 4.90 Å². The Morgan fingerprint density at radius 1 is 1.18 bits per heavy atom. The van der Waals surface area contributed by atoms with Gasteiger partial charge in [-0.3, -0.25) is 9.59 Å². The zero-order chi connectivity index (χ0) is 24.4. The van der Waals surface area contributed by atoms with E-state index in [-0.39, 0.29) is 18.4 Å². The minimum Gasteiger partial charge on any atom is -0.494 e. The van der Waals surface area contributed by atoms with E-state index in [1.165, 1.54) is 19.3 Å². The molecule has 1 aliphatic heterocycles. The smallest absolute Gasteiger partial charge is 0.326 e. The van der Waals surface area contributed by atoms with Gasteiger partial charge in [-0.15, -0.1) is 0 Å². The Hall–Kier alpha value is -2.77. The quantitative estimate of drug-likeness (QED) is 0.374. The van der Waals surface area contributed by atoms with Crippen LogP contribution in [0.2, 0.25) is 0 Å². The van der Waals surface area contributed by atoms with Gasteiger partial charge in [0.15, 0.2) is 5.96 Å². The molecule has 1 amide bonds. The van der Waals surface area contributed by atoms with E-state index in [4.69, 9.17) is 15.2 Å². The number of rotatable bonds is 12. The number of hydrogen-bond acceptors (Lipinski definition) is 7. The van der Waals surface area contributed by atoms with Crippen molar-refractivity contribution in [2.24, 2.45) is 10.7 Å². The molecule has 8 nitrogen and oxygen atoms in total. The van der Waals surface area contributed by atoms with Crippen LogP contribution in [0.1, 0.15) is 71.8 Å². The number of fused-ring (bicyclic) bond motifs is 1. The van der Waals surface area contributed by atoms with Gasteiger partial charge in [0.25, 0.3) is 0 Å². The Bertz CT molecular complexity index is 832. The van der Waals surface area contributed by atoms with Gasteiger partial charge in [-0.1, -0.05) is 26.2 Å². The van der Waals surface area contributed by atoms with Crippen molar-refractivity contribution in [1.82, 2.24) is 9.80 Å². The largest absolute Gasteiger partial charge is 0.494 e. The molecule has 0 saturated carbocycles. The number of esters is 1. The second-order valence-electron chi connectivity index (χ2n) is 9.53. The fraction of sp³-hybridized carbons (Fsp3) is 0.640. The molecule has 1 aromatic carbocycles. The number of carbonyl (C=O) groups excluding carboxylic acids is 2. The third-order valence-electron chi connectivity index (χ3n) is 5.29. The topological polar surface area (TPSA) is 97.5 Å². The molecule has 0 bridgehead atoms. The van der Waals surface area contributed by atoms with Crippen LogP contribution in [0.15, 0.2) is 23.2 Å². The molecule has 0 fully saturated rings. The van der Waals surface area contributed by atoms with Crippen LogP contribution in [0, 0.1) is 0 Å². The molecule has 1 aliphatic rings. The number of guanidine groups is 1. The average molecular weight is 461 g/mol. The Labute approximate surface area is 198 Å². The van der Waals surface area contributed by atoms with Gasteiger partial charge in [-0.05, 0) is 51.8 Å². The van der Waals surface area contributed by atoms with E-state index in [9.17, 15) is 9.59 Å². The van der Waals surface area contributed by atoms with E-state index in [0.717, 1.165) is 24.2 Å². The molecule has 1 aromatic rings. The molecular formula is C25H40N4O4. The highest BCUT2D eigenvalue weighted by Crippen LogP contribution is 2.29. The van der Waals surface area contributed by atoms with E-state index in [1.807, 2.05) is 50.9 Å². The van der Waals surface area contributed by atoms with Crippen LogP contribution in [-0.4, -0.2) is 60.0 Å². The van der Waals surface area contributed by atoms with Gasteiger partial charge in [0.2, 0.25) is 5.91 Å². The van der Waals surface area contributed by atoms with Crippen molar-refractivity contribution in [2.45, 2.75) is 78.4 Å². The number of nitrogens with two attached hydrogens (primary N) is 1. The molecule has 0 aliphatic carbocycles. The van der Waals surface area contributed by atoms with Crippen LogP contribution < -0.4 is 10.5 Å². The highest BCUT2D eigenvalue weighted by Gasteiger charge is 2.24. The molecule has 33 heavy (non-hydrogen) atoms. The van der Waals surface area contributed by atoms with Crippen LogP contribution in [0.3, 0.4) is 0 Å². The second-order valence-corrected chi connectivity index (χ2v) is 9.53. The predicted octanol–water partition coefficient (Wildman–Crippen LogP) is 3.99. The number of carbonyl (C=O) groups is 2. The van der Waals surface area contributed by atoms with E-state index in [0.29, 0.717) is 37.7 Å². The van der Waals surface area contributed by atoms with Crippen LogP contribution in [0.25, 0.3) is 0 Å². The zero-order valence-electron chi connectivity index (χ0n) is 20.9. The molecule has 0 saturated heterocycles. The number of aliphatic imine (C=N–C) groups is 1. The van der Waals surface area contributed by atoms with Gasteiger partial charge in [-0.25, -0.2) is 4.99 Å². The second kappa shape index (κ2) is 12.5. The van der Waals surface area contributed by atoms with Crippen LogP contribution in [0.4, 0.5) is 5.69 Å². The maximum atomic E-state index is 12.3. The molecule has 1 heterocycles. The SMILES string of the molecule is CCCCCCN(C)C(=O)CCCOc1ccc2c(c1)CN(CC(=O)OC(C)(C)C)C(N)=N2. The van der Waals surface area contributed by atoms with Gasteiger partial charge in [0.05, 0.1) is 12.3 Å². The van der Waals surface area contributed by atoms with Crippen LogP contribution in [0.5, 0.6) is 5.75 Å². The van der Waals surface area contributed by atoms with E-state index >= 15 is 0 Å². The molecule has 0 radical (unpaired) electrons. The minimum atomic E-state index is -0.553. The summed E-state index contributed by atoms with van der Waals surface area (Å²) in [7, 11) is 1.87. The lowest BCUT2D eigenvalue weighted by molar-refractivity contribution is -0.155. The van der Waals surface area contributed by atoms with Crippen molar-refractivity contribution in [3.8, 4) is 5.75 Å². The molecular weight excluding hydrogens is 420 g/mol. The molecule has 2 N–H and O–H groups in total. The monoisotopic (exact) mass is 460 g/mol. The summed E-state index contributed by atoms with van der Waals surface area (Å²) >= 11 is 0. The van der Waals surface area contributed by atoms with Gasteiger partial charge in [0.1, 0.15) is 17.9 Å². The fourth-order valence-corrected chi connectivity index (χ4v) is 3.54. The Kier molecular flexibility index (Phi) is 10.0. The first-order valence-corrected chi connectivity index (χ1v) is 11.9. The molecule has 0 unspecified atom stereocenters. The average Bonchev–Trinajstić information content (AvgIpc) is 2.73. The Morgan fingerprint density at radius 3 is 2.64 bits per heavy atom. The third-order valence-corrected chi connectivity index (χ3v) is 5.29. The van der Waals surface area contributed by atoms with Crippen LogP contribution >= 0.6 is 0 Å². The summed E-state index contributed by atoms with van der Waals surface area (Å²) in [5, 5.41) is 0. The predicted molar refractivity (Wildman–Crippen MR) is 130 cm³/mol. The molecule has 8 heteroatoms. The summed E-state index contributed by atoms with van der Waals surface area (Å²) in [4.78, 5) is 32.3. The van der Waals surface area contributed by atoms with Crippen molar-refractivity contribution >= 4 is 23.5 Å². The molecule has 0 spiro atoms. The maximum Gasteiger partial charge on any atom is 0.326 e. The first kappa shape index (κ1) is 26.5. The highest BCUT2D eigenvalue weighted by molar-refractivity contribution is 5.87. The number of amides is 1. The number of benzene rings is 1. The summed E-state index contributed by atoms with van der Waals surface area (Å²) < 4.78 is 11.3.